The minimum atomic E-state index is 0.642. The van der Waals surface area contributed by atoms with Crippen LogP contribution in [0.15, 0.2) is 40.9 Å². The molecule has 0 bridgehead atoms. The van der Waals surface area contributed by atoms with Crippen LogP contribution in [0.25, 0.3) is 0 Å². The fraction of sp³-hybridized carbons (Fsp3) is 0.188. The zero-order valence-corrected chi connectivity index (χ0v) is 12.0. The molecule has 19 heavy (non-hydrogen) atoms. The first-order valence-electron chi connectivity index (χ1n) is 6.35. The molecule has 0 radical (unpaired) electrons. The number of anilines is 2. The van der Waals surface area contributed by atoms with Gasteiger partial charge in [-0.2, -0.15) is 5.26 Å². The zero-order valence-electron chi connectivity index (χ0n) is 10.4. The molecule has 3 heteroatoms. The van der Waals surface area contributed by atoms with Crippen LogP contribution in [0.2, 0.25) is 0 Å². The van der Waals surface area contributed by atoms with Gasteiger partial charge in [-0.05, 0) is 70.6 Å². The van der Waals surface area contributed by atoms with Gasteiger partial charge in [0.1, 0.15) is 6.07 Å². The van der Waals surface area contributed by atoms with Crippen molar-refractivity contribution >= 4 is 27.3 Å². The van der Waals surface area contributed by atoms with E-state index in [-0.39, 0.29) is 0 Å². The van der Waals surface area contributed by atoms with E-state index < -0.39 is 0 Å². The van der Waals surface area contributed by atoms with Gasteiger partial charge >= 0.3 is 0 Å². The summed E-state index contributed by atoms with van der Waals surface area (Å²) in [7, 11) is 0. The monoisotopic (exact) mass is 312 g/mol. The molecule has 2 aromatic rings. The molecule has 1 aliphatic rings. The van der Waals surface area contributed by atoms with Crippen molar-refractivity contribution in [3.05, 3.63) is 57.6 Å². The van der Waals surface area contributed by atoms with Crippen LogP contribution in [0.4, 0.5) is 11.4 Å². The molecule has 2 nitrogen and oxygen atoms in total. The maximum atomic E-state index is 9.21. The largest absolute Gasteiger partial charge is 0.354 e. The predicted molar refractivity (Wildman–Crippen MR) is 80.6 cm³/mol. The fourth-order valence-corrected chi connectivity index (χ4v) is 3.00. The van der Waals surface area contributed by atoms with E-state index >= 15 is 0 Å². The van der Waals surface area contributed by atoms with Crippen LogP contribution in [0.1, 0.15) is 23.1 Å². The maximum absolute atomic E-state index is 9.21. The van der Waals surface area contributed by atoms with Gasteiger partial charge in [-0.15, -0.1) is 0 Å². The zero-order chi connectivity index (χ0) is 13.2. The first-order valence-corrected chi connectivity index (χ1v) is 7.14. The number of hydrogen-bond donors (Lipinski definition) is 1. The maximum Gasteiger partial charge on any atom is 0.103 e. The predicted octanol–water partition coefficient (Wildman–Crippen LogP) is 4.55. The van der Waals surface area contributed by atoms with Crippen molar-refractivity contribution in [2.45, 2.75) is 19.3 Å². The highest BCUT2D eigenvalue weighted by Crippen LogP contribution is 2.29. The van der Waals surface area contributed by atoms with E-state index in [9.17, 15) is 5.26 Å². The average Bonchev–Trinajstić information content (AvgIpc) is 2.86. The topological polar surface area (TPSA) is 35.8 Å². The van der Waals surface area contributed by atoms with Gasteiger partial charge in [0, 0.05) is 10.2 Å². The van der Waals surface area contributed by atoms with Gasteiger partial charge in [0.05, 0.1) is 11.3 Å². The molecule has 0 fully saturated rings. The van der Waals surface area contributed by atoms with Crippen molar-refractivity contribution < 1.29 is 0 Å². The fourth-order valence-electron chi connectivity index (χ4n) is 2.55. The van der Waals surface area contributed by atoms with E-state index in [1.165, 1.54) is 24.0 Å². The first kappa shape index (κ1) is 12.3. The Balaban J connectivity index is 1.94. The molecule has 0 heterocycles. The Morgan fingerprint density at radius 2 is 1.95 bits per heavy atom. The van der Waals surface area contributed by atoms with E-state index in [1.54, 1.807) is 0 Å². The van der Waals surface area contributed by atoms with E-state index in [2.05, 4.69) is 45.5 Å². The standard InChI is InChI=1S/C16H13BrN2/c17-15-5-2-6-16(14(15)10-18)19-13-8-7-11-3-1-4-12(11)9-13/h2,5-9,19H,1,3-4H2. The minimum absolute atomic E-state index is 0.642. The summed E-state index contributed by atoms with van der Waals surface area (Å²) < 4.78 is 0.821. The van der Waals surface area contributed by atoms with E-state index in [0.717, 1.165) is 22.3 Å². The van der Waals surface area contributed by atoms with Gasteiger partial charge in [0.15, 0.2) is 0 Å². The number of rotatable bonds is 2. The summed E-state index contributed by atoms with van der Waals surface area (Å²) in [5, 5.41) is 12.6. The number of hydrogen-bond acceptors (Lipinski definition) is 2. The molecule has 0 unspecified atom stereocenters. The van der Waals surface area contributed by atoms with Crippen LogP contribution in [0.3, 0.4) is 0 Å². The Kier molecular flexibility index (Phi) is 3.27. The number of aryl methyl sites for hydroxylation is 2. The van der Waals surface area contributed by atoms with Gasteiger partial charge in [0.25, 0.3) is 0 Å². The Morgan fingerprint density at radius 1 is 1.11 bits per heavy atom. The normalized spacial score (nSPS) is 12.8. The summed E-state index contributed by atoms with van der Waals surface area (Å²) in [6.07, 6.45) is 3.60. The van der Waals surface area contributed by atoms with Crippen molar-refractivity contribution in [2.75, 3.05) is 5.32 Å². The molecule has 0 spiro atoms. The lowest BCUT2D eigenvalue weighted by atomic mass is 10.1. The number of nitriles is 1. The number of nitrogens with zero attached hydrogens (tertiary/aromatic N) is 1. The number of benzene rings is 2. The summed E-state index contributed by atoms with van der Waals surface area (Å²) in [4.78, 5) is 0. The second kappa shape index (κ2) is 5.07. The SMILES string of the molecule is N#Cc1c(Br)cccc1Nc1ccc2c(c1)CCC2. The van der Waals surface area contributed by atoms with Crippen LogP contribution < -0.4 is 5.32 Å². The smallest absolute Gasteiger partial charge is 0.103 e. The molecular formula is C16H13BrN2. The van der Waals surface area contributed by atoms with Crippen molar-refractivity contribution in [2.24, 2.45) is 0 Å². The second-order valence-electron chi connectivity index (χ2n) is 4.74. The molecule has 0 amide bonds. The molecular weight excluding hydrogens is 300 g/mol. The highest BCUT2D eigenvalue weighted by molar-refractivity contribution is 9.10. The molecule has 3 rings (SSSR count). The van der Waals surface area contributed by atoms with Crippen molar-refractivity contribution in [1.82, 2.24) is 0 Å². The molecule has 0 saturated heterocycles. The van der Waals surface area contributed by atoms with Crippen LogP contribution in [-0.2, 0) is 12.8 Å². The van der Waals surface area contributed by atoms with Crippen molar-refractivity contribution in [1.29, 1.82) is 5.26 Å². The van der Waals surface area contributed by atoms with Crippen LogP contribution in [0.5, 0.6) is 0 Å². The molecule has 0 aliphatic heterocycles. The molecule has 1 N–H and O–H groups in total. The summed E-state index contributed by atoms with van der Waals surface area (Å²) >= 11 is 3.41. The van der Waals surface area contributed by atoms with Crippen molar-refractivity contribution in [3.63, 3.8) is 0 Å². The summed E-state index contributed by atoms with van der Waals surface area (Å²) in [5.41, 5.74) is 5.42. The van der Waals surface area contributed by atoms with E-state index in [4.69, 9.17) is 0 Å². The number of halogens is 1. The summed E-state index contributed by atoms with van der Waals surface area (Å²) in [5.74, 6) is 0. The van der Waals surface area contributed by atoms with Crippen LogP contribution >= 0.6 is 15.9 Å². The lowest BCUT2D eigenvalue weighted by Gasteiger charge is -2.10. The Morgan fingerprint density at radius 3 is 2.79 bits per heavy atom. The highest BCUT2D eigenvalue weighted by Gasteiger charge is 2.12. The quantitative estimate of drug-likeness (QED) is 0.882. The highest BCUT2D eigenvalue weighted by atomic mass is 79.9. The van der Waals surface area contributed by atoms with E-state index in [0.29, 0.717) is 5.56 Å². The van der Waals surface area contributed by atoms with Crippen molar-refractivity contribution in [3.8, 4) is 6.07 Å². The third-order valence-corrected chi connectivity index (χ3v) is 4.16. The molecule has 2 aromatic carbocycles. The molecule has 0 saturated carbocycles. The lowest BCUT2D eigenvalue weighted by molar-refractivity contribution is 0.912. The number of nitrogens with one attached hydrogen (secondary N) is 1. The third kappa shape index (κ3) is 2.36. The Labute approximate surface area is 121 Å². The number of fused-ring (bicyclic) bond motifs is 1. The van der Waals surface area contributed by atoms with Gasteiger partial charge in [-0.25, -0.2) is 0 Å². The molecule has 0 aromatic heterocycles. The molecule has 1 aliphatic carbocycles. The summed E-state index contributed by atoms with van der Waals surface area (Å²) in [6.45, 7) is 0. The Hall–Kier alpha value is -1.79. The summed E-state index contributed by atoms with van der Waals surface area (Å²) in [6, 6.07) is 14.4. The van der Waals surface area contributed by atoms with Crippen LogP contribution in [-0.4, -0.2) is 0 Å². The van der Waals surface area contributed by atoms with Gasteiger partial charge in [-0.3, -0.25) is 0 Å². The molecule has 94 valence electrons. The van der Waals surface area contributed by atoms with Gasteiger partial charge in [0.2, 0.25) is 0 Å². The minimum Gasteiger partial charge on any atom is -0.354 e. The third-order valence-electron chi connectivity index (χ3n) is 3.50. The second-order valence-corrected chi connectivity index (χ2v) is 5.59. The first-order chi connectivity index (χ1) is 9.28. The lowest BCUT2D eigenvalue weighted by Crippen LogP contribution is -1.95. The molecule has 0 atom stereocenters. The van der Waals surface area contributed by atoms with Crippen LogP contribution in [0, 0.1) is 11.3 Å². The average molecular weight is 313 g/mol. The Bertz CT molecular complexity index is 671. The van der Waals surface area contributed by atoms with Gasteiger partial charge in [-0.1, -0.05) is 12.1 Å². The van der Waals surface area contributed by atoms with Gasteiger partial charge < -0.3 is 5.32 Å². The van der Waals surface area contributed by atoms with E-state index in [1.807, 2.05) is 18.2 Å².